The fraction of sp³-hybridized carbons (Fsp3) is 0.500. The minimum Gasteiger partial charge on any atom is -0.484 e. The van der Waals surface area contributed by atoms with Gasteiger partial charge in [-0.05, 0) is 25.0 Å². The number of carbonyl (C=O) groups excluding carboxylic acids is 3. The lowest BCUT2D eigenvalue weighted by Gasteiger charge is -2.23. The molecule has 0 spiro atoms. The number of alkyl halides is 3. The van der Waals surface area contributed by atoms with E-state index in [1.165, 1.54) is 16.7 Å². The van der Waals surface area contributed by atoms with Crippen molar-refractivity contribution in [1.29, 1.82) is 0 Å². The van der Waals surface area contributed by atoms with E-state index in [9.17, 15) is 27.6 Å². The van der Waals surface area contributed by atoms with Gasteiger partial charge in [-0.15, -0.1) is 11.8 Å². The number of ether oxygens (including phenoxy) is 1. The molecule has 0 bridgehead atoms. The van der Waals surface area contributed by atoms with Crippen molar-refractivity contribution >= 4 is 35.2 Å². The lowest BCUT2D eigenvalue weighted by Crippen LogP contribution is -2.50. The summed E-state index contributed by atoms with van der Waals surface area (Å²) in [6.07, 6.45) is -2.76. The number of anilines is 1. The predicted molar refractivity (Wildman–Crippen MR) is 100 cm³/mol. The van der Waals surface area contributed by atoms with Gasteiger partial charge in [-0.3, -0.25) is 14.4 Å². The quantitative estimate of drug-likeness (QED) is 0.690. The van der Waals surface area contributed by atoms with Crippen LogP contribution in [0.5, 0.6) is 5.75 Å². The minimum absolute atomic E-state index is 0.0502. The van der Waals surface area contributed by atoms with Crippen molar-refractivity contribution in [3.63, 3.8) is 0 Å². The van der Waals surface area contributed by atoms with E-state index in [0.29, 0.717) is 11.4 Å². The first-order valence-corrected chi connectivity index (χ1v) is 10.1. The molecule has 0 radical (unpaired) electrons. The molecule has 1 aliphatic heterocycles. The van der Waals surface area contributed by atoms with Gasteiger partial charge in [0.1, 0.15) is 18.3 Å². The Balaban J connectivity index is 1.51. The molecule has 0 aromatic heterocycles. The summed E-state index contributed by atoms with van der Waals surface area (Å²) in [7, 11) is 0. The molecule has 2 aliphatic rings. The van der Waals surface area contributed by atoms with Crippen LogP contribution in [0.3, 0.4) is 0 Å². The number of halogens is 3. The van der Waals surface area contributed by atoms with Crippen LogP contribution < -0.4 is 15.4 Å². The number of amides is 3. The second-order valence-corrected chi connectivity index (χ2v) is 7.79. The van der Waals surface area contributed by atoms with Crippen molar-refractivity contribution in [3.05, 3.63) is 24.3 Å². The first kappa shape index (κ1) is 21.3. The number of benzene rings is 1. The van der Waals surface area contributed by atoms with Crippen molar-refractivity contribution in [2.45, 2.75) is 25.1 Å². The third kappa shape index (κ3) is 6.28. The summed E-state index contributed by atoms with van der Waals surface area (Å²) in [6.45, 7) is -1.81. The van der Waals surface area contributed by atoms with E-state index >= 15 is 0 Å². The van der Waals surface area contributed by atoms with Gasteiger partial charge in [0.05, 0.1) is 5.88 Å². The Morgan fingerprint density at radius 2 is 1.97 bits per heavy atom. The maximum absolute atomic E-state index is 12.4. The van der Waals surface area contributed by atoms with Crippen molar-refractivity contribution in [1.82, 2.24) is 10.2 Å². The molecule has 11 heteroatoms. The zero-order valence-electron chi connectivity index (χ0n) is 15.3. The third-order valence-corrected chi connectivity index (χ3v) is 5.39. The van der Waals surface area contributed by atoms with E-state index in [1.807, 2.05) is 5.32 Å². The van der Waals surface area contributed by atoms with Crippen molar-refractivity contribution in [3.8, 4) is 5.75 Å². The smallest absolute Gasteiger partial charge is 0.405 e. The molecule has 2 fully saturated rings. The standard InChI is InChI=1S/C18H20F3N3O4S/c19-18(20,21)9-22-17(27)14-8-29-10-24(14)15(25)7-28-13-3-1-2-12(6-13)23-16(26)11-4-5-11/h1-3,6,11,14H,4-5,7-10H2,(H,22,27)(H,23,26)/t14-/m0/s1. The molecule has 1 saturated heterocycles. The van der Waals surface area contributed by atoms with Crippen LogP contribution >= 0.6 is 11.8 Å². The minimum atomic E-state index is -4.51. The number of nitrogens with zero attached hydrogens (tertiary/aromatic N) is 1. The van der Waals surface area contributed by atoms with Gasteiger partial charge in [0, 0.05) is 23.4 Å². The zero-order chi connectivity index (χ0) is 21.0. The number of thioether (sulfide) groups is 1. The maximum atomic E-state index is 12.4. The number of rotatable bonds is 7. The number of carbonyl (C=O) groups is 3. The molecule has 3 rings (SSSR count). The molecule has 0 unspecified atom stereocenters. The highest BCUT2D eigenvalue weighted by Crippen LogP contribution is 2.30. The molecule has 29 heavy (non-hydrogen) atoms. The van der Waals surface area contributed by atoms with Crippen LogP contribution in [0.2, 0.25) is 0 Å². The lowest BCUT2D eigenvalue weighted by molar-refractivity contribution is -0.145. The SMILES string of the molecule is O=C(Nc1cccc(OCC(=O)N2CSC[C@H]2C(=O)NCC(F)(F)F)c1)C1CC1. The molecule has 158 valence electrons. The first-order chi connectivity index (χ1) is 13.7. The van der Waals surface area contributed by atoms with Crippen LogP contribution in [0, 0.1) is 5.92 Å². The van der Waals surface area contributed by atoms with E-state index in [0.717, 1.165) is 12.8 Å². The lowest BCUT2D eigenvalue weighted by atomic mass is 10.2. The zero-order valence-corrected chi connectivity index (χ0v) is 16.1. The number of hydrogen-bond donors (Lipinski definition) is 2. The van der Waals surface area contributed by atoms with Crippen molar-refractivity contribution in [2.75, 3.05) is 30.1 Å². The van der Waals surface area contributed by atoms with Crippen LogP contribution in [-0.4, -0.2) is 59.6 Å². The molecule has 7 nitrogen and oxygen atoms in total. The highest BCUT2D eigenvalue weighted by molar-refractivity contribution is 7.99. The fourth-order valence-corrected chi connectivity index (χ4v) is 3.87. The molecule has 1 aliphatic carbocycles. The van der Waals surface area contributed by atoms with E-state index in [1.54, 1.807) is 24.3 Å². The number of nitrogens with one attached hydrogen (secondary N) is 2. The van der Waals surface area contributed by atoms with E-state index in [2.05, 4.69) is 5.32 Å². The van der Waals surface area contributed by atoms with Crippen LogP contribution in [-0.2, 0) is 14.4 Å². The predicted octanol–water partition coefficient (Wildman–Crippen LogP) is 1.99. The Kier molecular flexibility index (Phi) is 6.56. The summed E-state index contributed by atoms with van der Waals surface area (Å²) in [5, 5.41) is 4.58. The van der Waals surface area contributed by atoms with Gasteiger partial charge in [-0.1, -0.05) is 6.07 Å². The second-order valence-electron chi connectivity index (χ2n) is 6.79. The normalized spacial score (nSPS) is 19.0. The van der Waals surface area contributed by atoms with Gasteiger partial charge in [0.2, 0.25) is 11.8 Å². The second kappa shape index (κ2) is 8.93. The molecule has 2 N–H and O–H groups in total. The molecule has 1 saturated carbocycles. The molecular formula is C18H20F3N3O4S. The Bertz CT molecular complexity index is 786. The molecule has 1 atom stereocenters. The average molecular weight is 431 g/mol. The van der Waals surface area contributed by atoms with Gasteiger partial charge >= 0.3 is 6.18 Å². The third-order valence-electron chi connectivity index (χ3n) is 4.38. The summed E-state index contributed by atoms with van der Waals surface area (Å²) < 4.78 is 42.3. The topological polar surface area (TPSA) is 87.7 Å². The number of hydrogen-bond acceptors (Lipinski definition) is 5. The van der Waals surface area contributed by atoms with Crippen LogP contribution in [0.25, 0.3) is 0 Å². The maximum Gasteiger partial charge on any atom is 0.405 e. The molecule has 1 aromatic rings. The highest BCUT2D eigenvalue weighted by atomic mass is 32.2. The van der Waals surface area contributed by atoms with Gasteiger partial charge < -0.3 is 20.3 Å². The Morgan fingerprint density at radius 1 is 1.21 bits per heavy atom. The monoisotopic (exact) mass is 431 g/mol. The summed E-state index contributed by atoms with van der Waals surface area (Å²) in [5.74, 6) is -0.576. The highest BCUT2D eigenvalue weighted by Gasteiger charge is 2.37. The summed E-state index contributed by atoms with van der Waals surface area (Å²) in [4.78, 5) is 37.4. The Morgan fingerprint density at radius 3 is 2.66 bits per heavy atom. The van der Waals surface area contributed by atoms with Gasteiger partial charge in [0.15, 0.2) is 6.61 Å². The van der Waals surface area contributed by atoms with Crippen molar-refractivity contribution < 1.29 is 32.3 Å². The largest absolute Gasteiger partial charge is 0.484 e. The first-order valence-electron chi connectivity index (χ1n) is 8.98. The van der Waals surface area contributed by atoms with Crippen LogP contribution in [0.1, 0.15) is 12.8 Å². The van der Waals surface area contributed by atoms with E-state index in [-0.39, 0.29) is 30.1 Å². The Hall–Kier alpha value is -2.43. The fourth-order valence-electron chi connectivity index (χ4n) is 2.69. The van der Waals surface area contributed by atoms with Crippen LogP contribution in [0.4, 0.5) is 18.9 Å². The molecule has 1 aromatic carbocycles. The van der Waals surface area contributed by atoms with E-state index in [4.69, 9.17) is 4.74 Å². The van der Waals surface area contributed by atoms with Gasteiger partial charge in [0.25, 0.3) is 5.91 Å². The summed E-state index contributed by atoms with van der Waals surface area (Å²) in [5.41, 5.74) is 0.549. The molecule has 3 amide bonds. The summed E-state index contributed by atoms with van der Waals surface area (Å²) >= 11 is 1.28. The van der Waals surface area contributed by atoms with Crippen molar-refractivity contribution in [2.24, 2.45) is 5.92 Å². The average Bonchev–Trinajstić information content (AvgIpc) is 3.41. The Labute approximate surface area is 169 Å². The van der Waals surface area contributed by atoms with E-state index < -0.39 is 30.6 Å². The molecular weight excluding hydrogens is 411 g/mol. The molecule has 1 heterocycles. The summed E-state index contributed by atoms with van der Waals surface area (Å²) in [6, 6.07) is 5.60. The van der Waals surface area contributed by atoms with Gasteiger partial charge in [-0.2, -0.15) is 13.2 Å². The van der Waals surface area contributed by atoms with Crippen LogP contribution in [0.15, 0.2) is 24.3 Å². The van der Waals surface area contributed by atoms with Gasteiger partial charge in [-0.25, -0.2) is 0 Å².